The van der Waals surface area contributed by atoms with Gasteiger partial charge in [0.2, 0.25) is 0 Å². The molecule has 0 unspecified atom stereocenters. The lowest BCUT2D eigenvalue weighted by Crippen LogP contribution is -2.38. The lowest BCUT2D eigenvalue weighted by Gasteiger charge is -2.31. The number of halogens is 3. The van der Waals surface area contributed by atoms with Crippen LogP contribution < -0.4 is 10.5 Å². The molecule has 0 saturated carbocycles. The number of H-pyrrole nitrogens is 1. The number of nitrogen functional groups attached to an aromatic ring is 1. The van der Waals surface area contributed by atoms with Gasteiger partial charge in [-0.05, 0) is 31.8 Å². The molecule has 0 atom stereocenters. The van der Waals surface area contributed by atoms with Crippen molar-refractivity contribution in [2.24, 2.45) is 5.92 Å². The van der Waals surface area contributed by atoms with Crippen LogP contribution in [0.2, 0.25) is 0 Å². The average Bonchev–Trinajstić information content (AvgIpc) is 2.88. The minimum absolute atomic E-state index is 0.121. The van der Waals surface area contributed by atoms with Gasteiger partial charge in [0.15, 0.2) is 5.82 Å². The van der Waals surface area contributed by atoms with E-state index in [0.717, 1.165) is 12.8 Å². The Kier molecular flexibility index (Phi) is 4.61. The average molecular weight is 328 g/mol. The molecule has 1 aliphatic rings. The van der Waals surface area contributed by atoms with Crippen LogP contribution in [0.4, 0.5) is 19.0 Å². The number of aromatic nitrogens is 2. The molecule has 1 aliphatic heterocycles. The van der Waals surface area contributed by atoms with Crippen molar-refractivity contribution in [1.29, 1.82) is 0 Å². The SMILES string of the molecule is Nc1n[nH]c2cc(OCC3CCN(CC(F)F)CC3)cc(F)c12. The lowest BCUT2D eigenvalue weighted by atomic mass is 9.98. The van der Waals surface area contributed by atoms with E-state index < -0.39 is 12.2 Å². The standard InChI is InChI=1S/C15H19F3N4O/c16-11-5-10(6-12-14(11)15(19)21-20-12)23-8-9-1-3-22(4-2-9)7-13(17)18/h5-6,9,13H,1-4,7-8H2,(H3,19,20,21). The quantitative estimate of drug-likeness (QED) is 0.885. The van der Waals surface area contributed by atoms with Crippen molar-refractivity contribution < 1.29 is 17.9 Å². The van der Waals surface area contributed by atoms with Crippen LogP contribution in [-0.4, -0.2) is 47.8 Å². The number of likely N-dealkylation sites (tertiary alicyclic amines) is 1. The fourth-order valence-electron chi connectivity index (χ4n) is 2.93. The Balaban J connectivity index is 1.55. The first-order chi connectivity index (χ1) is 11.0. The van der Waals surface area contributed by atoms with Crippen molar-refractivity contribution in [3.63, 3.8) is 0 Å². The largest absolute Gasteiger partial charge is 0.493 e. The summed E-state index contributed by atoms with van der Waals surface area (Å²) in [5.74, 6) is 0.342. The molecular formula is C15H19F3N4O. The minimum Gasteiger partial charge on any atom is -0.493 e. The Hall–Kier alpha value is -1.96. The Morgan fingerprint density at radius 3 is 2.78 bits per heavy atom. The van der Waals surface area contributed by atoms with Gasteiger partial charge < -0.3 is 10.5 Å². The van der Waals surface area contributed by atoms with Crippen LogP contribution in [0.15, 0.2) is 12.1 Å². The molecular weight excluding hydrogens is 309 g/mol. The number of nitrogens with one attached hydrogen (secondary N) is 1. The summed E-state index contributed by atoms with van der Waals surface area (Å²) in [5, 5.41) is 6.69. The Morgan fingerprint density at radius 2 is 2.09 bits per heavy atom. The van der Waals surface area contributed by atoms with Crippen LogP contribution in [0.3, 0.4) is 0 Å². The number of hydrogen-bond acceptors (Lipinski definition) is 4. The summed E-state index contributed by atoms with van der Waals surface area (Å²) < 4.78 is 44.3. The highest BCUT2D eigenvalue weighted by Crippen LogP contribution is 2.27. The van der Waals surface area contributed by atoms with E-state index in [0.29, 0.717) is 31.0 Å². The fraction of sp³-hybridized carbons (Fsp3) is 0.533. The van der Waals surface area contributed by atoms with Crippen LogP contribution in [-0.2, 0) is 0 Å². The molecule has 0 bridgehead atoms. The Labute approximate surface area is 131 Å². The molecule has 1 saturated heterocycles. The number of anilines is 1. The summed E-state index contributed by atoms with van der Waals surface area (Å²) in [4.78, 5) is 1.76. The normalized spacial score (nSPS) is 17.2. The molecule has 5 nitrogen and oxygen atoms in total. The molecule has 1 aromatic heterocycles. The summed E-state index contributed by atoms with van der Waals surface area (Å²) >= 11 is 0. The number of ether oxygens (including phenoxy) is 1. The van der Waals surface area contributed by atoms with Crippen molar-refractivity contribution in [3.05, 3.63) is 17.9 Å². The molecule has 1 fully saturated rings. The van der Waals surface area contributed by atoms with Crippen molar-refractivity contribution in [3.8, 4) is 5.75 Å². The molecule has 0 spiro atoms. The first kappa shape index (κ1) is 15.9. The maximum Gasteiger partial charge on any atom is 0.251 e. The van der Waals surface area contributed by atoms with E-state index >= 15 is 0 Å². The molecule has 8 heteroatoms. The van der Waals surface area contributed by atoms with E-state index in [1.165, 1.54) is 6.07 Å². The second-order valence-electron chi connectivity index (χ2n) is 5.88. The van der Waals surface area contributed by atoms with Gasteiger partial charge in [-0.3, -0.25) is 10.00 Å². The molecule has 0 aliphatic carbocycles. The zero-order chi connectivity index (χ0) is 16.4. The smallest absolute Gasteiger partial charge is 0.251 e. The number of nitrogens with zero attached hydrogens (tertiary/aromatic N) is 2. The van der Waals surface area contributed by atoms with E-state index in [-0.39, 0.29) is 23.7 Å². The predicted molar refractivity (Wildman–Crippen MR) is 81.1 cm³/mol. The molecule has 0 radical (unpaired) electrons. The molecule has 3 rings (SSSR count). The lowest BCUT2D eigenvalue weighted by molar-refractivity contribution is 0.0620. The summed E-state index contributed by atoms with van der Waals surface area (Å²) in [6, 6.07) is 2.95. The van der Waals surface area contributed by atoms with E-state index in [1.54, 1.807) is 11.0 Å². The van der Waals surface area contributed by atoms with Crippen molar-refractivity contribution in [1.82, 2.24) is 15.1 Å². The maximum atomic E-state index is 14.0. The molecule has 3 N–H and O–H groups in total. The second-order valence-corrected chi connectivity index (χ2v) is 5.88. The van der Waals surface area contributed by atoms with Gasteiger partial charge in [0.25, 0.3) is 6.43 Å². The van der Waals surface area contributed by atoms with Crippen molar-refractivity contribution in [2.45, 2.75) is 19.3 Å². The first-order valence-corrected chi connectivity index (χ1v) is 7.59. The Bertz CT molecular complexity index is 668. The molecule has 126 valence electrons. The van der Waals surface area contributed by atoms with Gasteiger partial charge in [-0.2, -0.15) is 5.10 Å². The molecule has 2 heterocycles. The number of rotatable bonds is 5. The summed E-state index contributed by atoms with van der Waals surface area (Å²) in [6.07, 6.45) is -0.692. The molecule has 2 aromatic rings. The van der Waals surface area contributed by atoms with E-state index in [4.69, 9.17) is 10.5 Å². The molecule has 0 amide bonds. The molecule has 23 heavy (non-hydrogen) atoms. The van der Waals surface area contributed by atoms with E-state index in [2.05, 4.69) is 10.2 Å². The summed E-state index contributed by atoms with van der Waals surface area (Å²) in [6.45, 7) is 1.56. The highest BCUT2D eigenvalue weighted by molar-refractivity contribution is 5.90. The first-order valence-electron chi connectivity index (χ1n) is 7.59. The van der Waals surface area contributed by atoms with Gasteiger partial charge >= 0.3 is 0 Å². The minimum atomic E-state index is -2.29. The van der Waals surface area contributed by atoms with E-state index in [1.807, 2.05) is 0 Å². The van der Waals surface area contributed by atoms with Gasteiger partial charge in [0.1, 0.15) is 11.6 Å². The van der Waals surface area contributed by atoms with E-state index in [9.17, 15) is 13.2 Å². The van der Waals surface area contributed by atoms with Crippen LogP contribution >= 0.6 is 0 Å². The van der Waals surface area contributed by atoms with Crippen LogP contribution in [0.25, 0.3) is 10.9 Å². The number of aromatic amines is 1. The van der Waals surface area contributed by atoms with Gasteiger partial charge in [0, 0.05) is 12.1 Å². The van der Waals surface area contributed by atoms with Crippen molar-refractivity contribution in [2.75, 3.05) is 32.0 Å². The topological polar surface area (TPSA) is 67.2 Å². The second kappa shape index (κ2) is 6.66. The summed E-state index contributed by atoms with van der Waals surface area (Å²) in [7, 11) is 0. The number of hydrogen-bond donors (Lipinski definition) is 2. The maximum absolute atomic E-state index is 14.0. The highest BCUT2D eigenvalue weighted by Gasteiger charge is 2.22. The number of fused-ring (bicyclic) bond motifs is 1. The van der Waals surface area contributed by atoms with Gasteiger partial charge in [-0.1, -0.05) is 0 Å². The third kappa shape index (κ3) is 3.69. The van der Waals surface area contributed by atoms with Gasteiger partial charge in [-0.15, -0.1) is 0 Å². The van der Waals surface area contributed by atoms with Gasteiger partial charge in [-0.25, -0.2) is 13.2 Å². The number of benzene rings is 1. The number of alkyl halides is 2. The van der Waals surface area contributed by atoms with Crippen molar-refractivity contribution >= 4 is 16.7 Å². The van der Waals surface area contributed by atoms with Gasteiger partial charge in [0.05, 0.1) is 24.1 Å². The zero-order valence-electron chi connectivity index (χ0n) is 12.6. The zero-order valence-corrected chi connectivity index (χ0v) is 12.6. The molecule has 1 aromatic carbocycles. The number of piperidine rings is 1. The monoisotopic (exact) mass is 328 g/mol. The van der Waals surface area contributed by atoms with Crippen LogP contribution in [0.5, 0.6) is 5.75 Å². The predicted octanol–water partition coefficient (Wildman–Crippen LogP) is 2.64. The number of nitrogens with two attached hydrogens (primary N) is 1. The third-order valence-corrected chi connectivity index (χ3v) is 4.21. The highest BCUT2D eigenvalue weighted by atomic mass is 19.3. The Morgan fingerprint density at radius 1 is 1.35 bits per heavy atom. The summed E-state index contributed by atoms with van der Waals surface area (Å²) in [5.41, 5.74) is 6.07. The fourth-order valence-corrected chi connectivity index (χ4v) is 2.93. The third-order valence-electron chi connectivity index (χ3n) is 4.21. The van der Waals surface area contributed by atoms with Crippen LogP contribution in [0.1, 0.15) is 12.8 Å². The van der Waals surface area contributed by atoms with Crippen LogP contribution in [0, 0.1) is 11.7 Å².